The fourth-order valence-electron chi connectivity index (χ4n) is 1.42. The Labute approximate surface area is 120 Å². The minimum Gasteiger partial charge on any atom is -0.506 e. The summed E-state index contributed by atoms with van der Waals surface area (Å²) < 4.78 is 4.71. The second-order valence-corrected chi connectivity index (χ2v) is 4.03. The molecule has 9 nitrogen and oxygen atoms in total. The minimum atomic E-state index is -0.870. The van der Waals surface area contributed by atoms with Crippen molar-refractivity contribution in [2.45, 2.75) is 19.9 Å². The normalized spacial score (nSPS) is 11.3. The zero-order valence-electron chi connectivity index (χ0n) is 11.5. The van der Waals surface area contributed by atoms with Gasteiger partial charge >= 0.3 is 12.0 Å². The third-order valence-corrected chi connectivity index (χ3v) is 2.43. The van der Waals surface area contributed by atoms with Crippen molar-refractivity contribution < 1.29 is 24.4 Å². The average molecular weight is 297 g/mol. The summed E-state index contributed by atoms with van der Waals surface area (Å²) in [5, 5.41) is 24.7. The standard InChI is InChI=1S/C12H15N3O6/c1-3-21-11(17)7(2)13-12(18)14-9-5-4-8(15(19)20)6-10(9)16/h4-7,16H,3H2,1-2H3,(H2,13,14,18). The molecule has 0 spiro atoms. The Hall–Kier alpha value is -2.84. The highest BCUT2D eigenvalue weighted by Crippen LogP contribution is 2.27. The van der Waals surface area contributed by atoms with Crippen LogP contribution in [-0.2, 0) is 9.53 Å². The number of benzene rings is 1. The SMILES string of the molecule is CCOC(=O)C(C)NC(=O)Nc1ccc([N+](=O)[O-])cc1O. The number of aromatic hydroxyl groups is 1. The molecule has 1 aromatic carbocycles. The number of esters is 1. The number of carbonyl (C=O) groups is 2. The molecule has 114 valence electrons. The van der Waals surface area contributed by atoms with E-state index in [4.69, 9.17) is 4.74 Å². The number of hydrogen-bond donors (Lipinski definition) is 3. The average Bonchev–Trinajstić information content (AvgIpc) is 2.40. The van der Waals surface area contributed by atoms with E-state index in [-0.39, 0.29) is 18.0 Å². The van der Waals surface area contributed by atoms with Crippen LogP contribution in [0.4, 0.5) is 16.2 Å². The first-order valence-corrected chi connectivity index (χ1v) is 6.06. The molecule has 0 radical (unpaired) electrons. The van der Waals surface area contributed by atoms with Gasteiger partial charge in [-0.05, 0) is 19.9 Å². The number of nitrogens with zero attached hydrogens (tertiary/aromatic N) is 1. The van der Waals surface area contributed by atoms with E-state index < -0.39 is 28.7 Å². The van der Waals surface area contributed by atoms with Crippen molar-refractivity contribution in [1.29, 1.82) is 0 Å². The first kappa shape index (κ1) is 16.2. The van der Waals surface area contributed by atoms with Crippen LogP contribution in [0.15, 0.2) is 18.2 Å². The van der Waals surface area contributed by atoms with Crippen LogP contribution < -0.4 is 10.6 Å². The van der Waals surface area contributed by atoms with Gasteiger partial charge in [-0.25, -0.2) is 9.59 Å². The van der Waals surface area contributed by atoms with E-state index in [0.717, 1.165) is 12.1 Å². The Morgan fingerprint density at radius 2 is 2.14 bits per heavy atom. The van der Waals surface area contributed by atoms with Crippen molar-refractivity contribution in [3.05, 3.63) is 28.3 Å². The van der Waals surface area contributed by atoms with Gasteiger partial charge in [-0.2, -0.15) is 0 Å². The van der Waals surface area contributed by atoms with Crippen LogP contribution in [0.25, 0.3) is 0 Å². The van der Waals surface area contributed by atoms with Gasteiger partial charge in [0.1, 0.15) is 11.8 Å². The van der Waals surface area contributed by atoms with Crippen LogP contribution in [0.3, 0.4) is 0 Å². The van der Waals surface area contributed by atoms with Crippen LogP contribution in [0.5, 0.6) is 5.75 Å². The molecule has 0 aliphatic carbocycles. The number of nitro benzene ring substituents is 1. The number of amides is 2. The molecule has 0 saturated carbocycles. The molecule has 9 heteroatoms. The molecule has 1 unspecified atom stereocenters. The lowest BCUT2D eigenvalue weighted by Crippen LogP contribution is -2.41. The number of phenols is 1. The molecule has 0 aliphatic rings. The lowest BCUT2D eigenvalue weighted by molar-refractivity contribution is -0.384. The summed E-state index contributed by atoms with van der Waals surface area (Å²) in [6, 6.07) is 1.60. The summed E-state index contributed by atoms with van der Waals surface area (Å²) >= 11 is 0. The van der Waals surface area contributed by atoms with Gasteiger partial charge in [0, 0.05) is 6.07 Å². The number of urea groups is 1. The molecule has 0 heterocycles. The van der Waals surface area contributed by atoms with Crippen molar-refractivity contribution in [2.75, 3.05) is 11.9 Å². The molecular weight excluding hydrogens is 282 g/mol. The molecule has 1 aromatic rings. The lowest BCUT2D eigenvalue weighted by atomic mass is 10.2. The number of anilines is 1. The van der Waals surface area contributed by atoms with E-state index in [1.165, 1.54) is 13.0 Å². The van der Waals surface area contributed by atoms with Gasteiger partial charge in [-0.1, -0.05) is 0 Å². The second kappa shape index (κ2) is 7.08. The van der Waals surface area contributed by atoms with Gasteiger partial charge in [-0.3, -0.25) is 10.1 Å². The maximum Gasteiger partial charge on any atom is 0.328 e. The second-order valence-electron chi connectivity index (χ2n) is 4.03. The number of nitrogens with one attached hydrogen (secondary N) is 2. The summed E-state index contributed by atoms with van der Waals surface area (Å²) in [6.45, 7) is 3.27. The summed E-state index contributed by atoms with van der Waals surface area (Å²) in [7, 11) is 0. The highest BCUT2D eigenvalue weighted by molar-refractivity contribution is 5.93. The maximum absolute atomic E-state index is 11.6. The van der Waals surface area contributed by atoms with Gasteiger partial charge in [0.2, 0.25) is 0 Å². The summed E-state index contributed by atoms with van der Waals surface area (Å²) in [5.74, 6) is -1.05. The fraction of sp³-hybridized carbons (Fsp3) is 0.333. The number of hydrogen-bond acceptors (Lipinski definition) is 6. The molecule has 0 bridgehead atoms. The number of non-ortho nitro benzene ring substituents is 1. The predicted octanol–water partition coefficient (Wildman–Crippen LogP) is 1.37. The van der Waals surface area contributed by atoms with Crippen molar-refractivity contribution in [2.24, 2.45) is 0 Å². The Morgan fingerprint density at radius 3 is 2.67 bits per heavy atom. The largest absolute Gasteiger partial charge is 0.506 e. The summed E-state index contributed by atoms with van der Waals surface area (Å²) in [4.78, 5) is 32.8. The van der Waals surface area contributed by atoms with Gasteiger partial charge < -0.3 is 20.5 Å². The first-order chi connectivity index (χ1) is 9.85. The topological polar surface area (TPSA) is 131 Å². The maximum atomic E-state index is 11.6. The third kappa shape index (κ3) is 4.64. The fourth-order valence-corrected chi connectivity index (χ4v) is 1.42. The number of phenolic OH excluding ortho intramolecular Hbond substituents is 1. The van der Waals surface area contributed by atoms with Crippen molar-refractivity contribution in [3.8, 4) is 5.75 Å². The molecule has 0 saturated heterocycles. The molecule has 1 rings (SSSR count). The third-order valence-electron chi connectivity index (χ3n) is 2.43. The first-order valence-electron chi connectivity index (χ1n) is 6.06. The Kier molecular flexibility index (Phi) is 5.47. The predicted molar refractivity (Wildman–Crippen MR) is 73.0 cm³/mol. The van der Waals surface area contributed by atoms with E-state index in [1.54, 1.807) is 6.92 Å². The minimum absolute atomic E-state index is 0.0193. The highest BCUT2D eigenvalue weighted by Gasteiger charge is 2.18. The monoisotopic (exact) mass is 297 g/mol. The Bertz CT molecular complexity index is 560. The molecule has 1 atom stereocenters. The zero-order valence-corrected chi connectivity index (χ0v) is 11.5. The number of nitro groups is 1. The van der Waals surface area contributed by atoms with E-state index in [0.29, 0.717) is 0 Å². The Balaban J connectivity index is 2.67. The smallest absolute Gasteiger partial charge is 0.328 e. The van der Waals surface area contributed by atoms with Crippen LogP contribution in [0, 0.1) is 10.1 Å². The number of rotatable bonds is 5. The molecule has 2 amide bonds. The van der Waals surface area contributed by atoms with E-state index in [2.05, 4.69) is 10.6 Å². The zero-order chi connectivity index (χ0) is 16.0. The van der Waals surface area contributed by atoms with E-state index in [9.17, 15) is 24.8 Å². The van der Waals surface area contributed by atoms with Crippen LogP contribution in [0.1, 0.15) is 13.8 Å². The van der Waals surface area contributed by atoms with Gasteiger partial charge in [-0.15, -0.1) is 0 Å². The van der Waals surface area contributed by atoms with E-state index >= 15 is 0 Å². The summed E-state index contributed by atoms with van der Waals surface area (Å²) in [6.07, 6.45) is 0. The lowest BCUT2D eigenvalue weighted by Gasteiger charge is -2.13. The molecule has 21 heavy (non-hydrogen) atoms. The van der Waals surface area contributed by atoms with Crippen LogP contribution in [0.2, 0.25) is 0 Å². The molecule has 3 N–H and O–H groups in total. The number of carbonyl (C=O) groups excluding carboxylic acids is 2. The highest BCUT2D eigenvalue weighted by atomic mass is 16.6. The Morgan fingerprint density at radius 1 is 1.48 bits per heavy atom. The van der Waals surface area contributed by atoms with Gasteiger partial charge in [0.15, 0.2) is 0 Å². The quantitative estimate of drug-likeness (QED) is 0.325. The number of ether oxygens (including phenoxy) is 1. The van der Waals surface area contributed by atoms with Gasteiger partial charge in [0.25, 0.3) is 5.69 Å². The van der Waals surface area contributed by atoms with Crippen molar-refractivity contribution in [1.82, 2.24) is 5.32 Å². The van der Waals surface area contributed by atoms with Crippen molar-refractivity contribution >= 4 is 23.4 Å². The van der Waals surface area contributed by atoms with Crippen LogP contribution >= 0.6 is 0 Å². The molecular formula is C12H15N3O6. The van der Waals surface area contributed by atoms with Crippen LogP contribution in [-0.4, -0.2) is 34.7 Å². The molecule has 0 aromatic heterocycles. The van der Waals surface area contributed by atoms with E-state index in [1.807, 2.05) is 0 Å². The van der Waals surface area contributed by atoms with Gasteiger partial charge in [0.05, 0.1) is 23.3 Å². The molecule has 0 aliphatic heterocycles. The van der Waals surface area contributed by atoms with Crippen molar-refractivity contribution in [3.63, 3.8) is 0 Å². The summed E-state index contributed by atoms with van der Waals surface area (Å²) in [5.41, 5.74) is -0.326. The molecule has 0 fully saturated rings.